The Kier molecular flexibility index (Phi) is 7.34. The standard InChI is InChI=1S/C23H26N4O4S2/c1-4-27-20(14-9-6-7-11-16(14)31-5-2)25-26-23(27)32-13-18(28)24-21-19(22(29)30-3)15-10-8-12-17(15)33-21/h6-7,9,11H,4-5,8,10,12-13H2,1-3H3,(H,24,28). The van der Waals surface area contributed by atoms with Gasteiger partial charge in [0.15, 0.2) is 11.0 Å². The smallest absolute Gasteiger partial charge is 0.341 e. The molecule has 0 spiro atoms. The maximum atomic E-state index is 12.7. The molecule has 0 saturated carbocycles. The molecule has 8 nitrogen and oxygen atoms in total. The Morgan fingerprint density at radius 3 is 2.79 bits per heavy atom. The Balaban J connectivity index is 1.49. The van der Waals surface area contributed by atoms with E-state index in [9.17, 15) is 9.59 Å². The van der Waals surface area contributed by atoms with Gasteiger partial charge in [0, 0.05) is 11.4 Å². The first kappa shape index (κ1) is 23.3. The van der Waals surface area contributed by atoms with Crippen LogP contribution in [0.25, 0.3) is 11.4 Å². The van der Waals surface area contributed by atoms with Crippen molar-refractivity contribution in [2.45, 2.75) is 44.8 Å². The lowest BCUT2D eigenvalue weighted by Crippen LogP contribution is -2.16. The first-order valence-corrected chi connectivity index (χ1v) is 12.7. The van der Waals surface area contributed by atoms with E-state index in [-0.39, 0.29) is 11.7 Å². The minimum absolute atomic E-state index is 0.147. The molecule has 0 unspecified atom stereocenters. The van der Waals surface area contributed by atoms with Crippen molar-refractivity contribution < 1.29 is 19.1 Å². The number of para-hydroxylation sites is 1. The second-order valence-electron chi connectivity index (χ2n) is 7.37. The number of amides is 1. The number of aromatic nitrogens is 3. The van der Waals surface area contributed by atoms with Crippen molar-refractivity contribution in [3.05, 3.63) is 40.3 Å². The predicted molar refractivity (Wildman–Crippen MR) is 129 cm³/mol. The number of hydrogen-bond donors (Lipinski definition) is 1. The van der Waals surface area contributed by atoms with E-state index in [2.05, 4.69) is 15.5 Å². The first-order valence-electron chi connectivity index (χ1n) is 10.9. The van der Waals surface area contributed by atoms with Crippen LogP contribution in [0.5, 0.6) is 5.75 Å². The predicted octanol–water partition coefficient (Wildman–Crippen LogP) is 4.43. The van der Waals surface area contributed by atoms with Crippen LogP contribution >= 0.6 is 23.1 Å². The van der Waals surface area contributed by atoms with Crippen molar-refractivity contribution >= 4 is 40.0 Å². The average Bonchev–Trinajstić information content (AvgIpc) is 3.52. The minimum atomic E-state index is -0.402. The van der Waals surface area contributed by atoms with Gasteiger partial charge in [-0.1, -0.05) is 23.9 Å². The number of esters is 1. The molecule has 1 aromatic carbocycles. The summed E-state index contributed by atoms with van der Waals surface area (Å²) in [6.07, 6.45) is 2.80. The molecule has 3 aromatic rings. The van der Waals surface area contributed by atoms with Crippen LogP contribution in [0.1, 0.15) is 41.1 Å². The van der Waals surface area contributed by atoms with Crippen molar-refractivity contribution in [1.29, 1.82) is 0 Å². The van der Waals surface area contributed by atoms with Crippen LogP contribution in [0, 0.1) is 0 Å². The van der Waals surface area contributed by atoms with Gasteiger partial charge in [-0.05, 0) is 50.8 Å². The van der Waals surface area contributed by atoms with Crippen molar-refractivity contribution in [1.82, 2.24) is 14.8 Å². The normalized spacial score (nSPS) is 12.5. The zero-order valence-corrected chi connectivity index (χ0v) is 20.5. The molecule has 0 atom stereocenters. The minimum Gasteiger partial charge on any atom is -0.493 e. The van der Waals surface area contributed by atoms with Gasteiger partial charge >= 0.3 is 5.97 Å². The van der Waals surface area contributed by atoms with Gasteiger partial charge in [0.25, 0.3) is 0 Å². The third-order valence-electron chi connectivity index (χ3n) is 5.36. The third kappa shape index (κ3) is 4.77. The second-order valence-corrected chi connectivity index (χ2v) is 9.42. The fourth-order valence-corrected chi connectivity index (χ4v) is 6.01. The molecule has 4 rings (SSSR count). The molecule has 1 aliphatic carbocycles. The first-order chi connectivity index (χ1) is 16.1. The number of nitrogens with one attached hydrogen (secondary N) is 1. The lowest BCUT2D eigenvalue weighted by molar-refractivity contribution is -0.113. The molecular weight excluding hydrogens is 460 g/mol. The van der Waals surface area contributed by atoms with Gasteiger partial charge in [0.2, 0.25) is 5.91 Å². The number of carbonyl (C=O) groups is 2. The largest absolute Gasteiger partial charge is 0.493 e. The van der Waals surface area contributed by atoms with E-state index in [0.717, 1.165) is 41.0 Å². The Bertz CT molecular complexity index is 1170. The third-order valence-corrected chi connectivity index (χ3v) is 7.53. The number of ether oxygens (including phenoxy) is 2. The summed E-state index contributed by atoms with van der Waals surface area (Å²) in [7, 11) is 1.36. The number of methoxy groups -OCH3 is 1. The molecule has 0 fully saturated rings. The average molecular weight is 487 g/mol. The number of nitrogens with zero attached hydrogens (tertiary/aromatic N) is 3. The second kappa shape index (κ2) is 10.4. The maximum absolute atomic E-state index is 12.7. The number of thioether (sulfide) groups is 1. The molecule has 2 aromatic heterocycles. The topological polar surface area (TPSA) is 95.3 Å². The van der Waals surface area contributed by atoms with Crippen LogP contribution in [-0.2, 0) is 28.9 Å². The van der Waals surface area contributed by atoms with Crippen LogP contribution in [0.3, 0.4) is 0 Å². The Morgan fingerprint density at radius 1 is 1.21 bits per heavy atom. The highest BCUT2D eigenvalue weighted by atomic mass is 32.2. The summed E-state index contributed by atoms with van der Waals surface area (Å²) in [5, 5.41) is 12.8. The molecule has 0 bridgehead atoms. The monoisotopic (exact) mass is 486 g/mol. The van der Waals surface area contributed by atoms with E-state index in [1.165, 1.54) is 30.2 Å². The van der Waals surface area contributed by atoms with E-state index in [0.29, 0.717) is 34.7 Å². The van der Waals surface area contributed by atoms with Gasteiger partial charge in [-0.15, -0.1) is 21.5 Å². The molecule has 0 aliphatic heterocycles. The van der Waals surface area contributed by atoms with Gasteiger partial charge in [0.05, 0.1) is 30.6 Å². The molecule has 1 aliphatic rings. The molecule has 1 N–H and O–H groups in total. The van der Waals surface area contributed by atoms with E-state index < -0.39 is 5.97 Å². The number of aryl methyl sites for hydroxylation is 1. The fourth-order valence-electron chi connectivity index (χ4n) is 3.92. The van der Waals surface area contributed by atoms with Crippen molar-refractivity contribution in [3.63, 3.8) is 0 Å². The molecule has 0 saturated heterocycles. The van der Waals surface area contributed by atoms with Crippen LogP contribution in [-0.4, -0.2) is 46.1 Å². The molecule has 174 valence electrons. The number of rotatable bonds is 9. The number of fused-ring (bicyclic) bond motifs is 1. The van der Waals surface area contributed by atoms with Gasteiger partial charge in [-0.25, -0.2) is 4.79 Å². The summed E-state index contributed by atoms with van der Waals surface area (Å²) in [6, 6.07) is 7.71. The molecule has 33 heavy (non-hydrogen) atoms. The molecular formula is C23H26N4O4S2. The quantitative estimate of drug-likeness (QED) is 0.353. The number of anilines is 1. The highest BCUT2D eigenvalue weighted by Crippen LogP contribution is 2.39. The summed E-state index contributed by atoms with van der Waals surface area (Å²) in [4.78, 5) is 26.2. The summed E-state index contributed by atoms with van der Waals surface area (Å²) in [6.45, 7) is 5.15. The van der Waals surface area contributed by atoms with Crippen molar-refractivity contribution in [2.75, 3.05) is 24.8 Å². The molecule has 10 heteroatoms. The Labute approximate surface area is 200 Å². The number of hydrogen-bond acceptors (Lipinski definition) is 8. The van der Waals surface area contributed by atoms with E-state index >= 15 is 0 Å². The van der Waals surface area contributed by atoms with E-state index in [4.69, 9.17) is 9.47 Å². The zero-order chi connectivity index (χ0) is 23.4. The highest BCUT2D eigenvalue weighted by molar-refractivity contribution is 7.99. The zero-order valence-electron chi connectivity index (χ0n) is 18.8. The number of benzene rings is 1. The highest BCUT2D eigenvalue weighted by Gasteiger charge is 2.28. The summed E-state index contributed by atoms with van der Waals surface area (Å²) in [5.41, 5.74) is 2.37. The lowest BCUT2D eigenvalue weighted by Gasteiger charge is -2.11. The van der Waals surface area contributed by atoms with E-state index in [1.54, 1.807) is 0 Å². The molecule has 1 amide bonds. The van der Waals surface area contributed by atoms with Crippen molar-refractivity contribution in [3.8, 4) is 17.1 Å². The summed E-state index contributed by atoms with van der Waals surface area (Å²) >= 11 is 2.78. The summed E-state index contributed by atoms with van der Waals surface area (Å²) in [5.74, 6) is 0.992. The SMILES string of the molecule is CCOc1ccccc1-c1nnc(SCC(=O)Nc2sc3c(c2C(=O)OC)CCC3)n1CC. The summed E-state index contributed by atoms with van der Waals surface area (Å²) < 4.78 is 12.7. The van der Waals surface area contributed by atoms with Gasteiger partial charge in [0.1, 0.15) is 10.8 Å². The van der Waals surface area contributed by atoms with Gasteiger partial charge < -0.3 is 19.4 Å². The lowest BCUT2D eigenvalue weighted by atomic mass is 10.1. The van der Waals surface area contributed by atoms with Gasteiger partial charge in [-0.2, -0.15) is 0 Å². The Hall–Kier alpha value is -2.85. The van der Waals surface area contributed by atoms with Gasteiger partial charge in [-0.3, -0.25) is 4.79 Å². The number of carbonyl (C=O) groups excluding carboxylic acids is 2. The maximum Gasteiger partial charge on any atom is 0.341 e. The number of thiophene rings is 1. The van der Waals surface area contributed by atoms with Crippen molar-refractivity contribution in [2.24, 2.45) is 0 Å². The van der Waals surface area contributed by atoms with E-state index in [1.807, 2.05) is 42.7 Å². The van der Waals surface area contributed by atoms with Crippen LogP contribution in [0.15, 0.2) is 29.4 Å². The van der Waals surface area contributed by atoms with Crippen LogP contribution in [0.2, 0.25) is 0 Å². The molecule has 2 heterocycles. The van der Waals surface area contributed by atoms with Crippen LogP contribution < -0.4 is 10.1 Å². The molecule has 0 radical (unpaired) electrons. The van der Waals surface area contributed by atoms with Crippen LogP contribution in [0.4, 0.5) is 5.00 Å². The Morgan fingerprint density at radius 2 is 2.03 bits per heavy atom. The fraction of sp³-hybridized carbons (Fsp3) is 0.391.